The highest BCUT2D eigenvalue weighted by Gasteiger charge is 2.14. The predicted octanol–water partition coefficient (Wildman–Crippen LogP) is 3.14. The van der Waals surface area contributed by atoms with Gasteiger partial charge >= 0.3 is 0 Å². The van der Waals surface area contributed by atoms with E-state index in [1.165, 1.54) is 32.1 Å². The first-order valence-corrected chi connectivity index (χ1v) is 7.59. The molecule has 2 aromatic rings. The first-order valence-electron chi connectivity index (χ1n) is 7.59. The van der Waals surface area contributed by atoms with E-state index in [9.17, 15) is 0 Å². The highest BCUT2D eigenvalue weighted by molar-refractivity contribution is 5.60. The van der Waals surface area contributed by atoms with Gasteiger partial charge in [0, 0.05) is 12.1 Å². The van der Waals surface area contributed by atoms with Gasteiger partial charge in [-0.1, -0.05) is 56.0 Å². The van der Waals surface area contributed by atoms with E-state index < -0.39 is 0 Å². The molecule has 4 heteroatoms. The van der Waals surface area contributed by atoms with Crippen molar-refractivity contribution in [1.29, 1.82) is 0 Å². The third-order valence-corrected chi connectivity index (χ3v) is 4.16. The van der Waals surface area contributed by atoms with Gasteiger partial charge in [0.1, 0.15) is 11.4 Å². The first-order chi connectivity index (χ1) is 9.93. The Kier molecular flexibility index (Phi) is 4.43. The van der Waals surface area contributed by atoms with Crippen LogP contribution in [0.5, 0.6) is 0 Å². The third-order valence-electron chi connectivity index (χ3n) is 4.16. The minimum absolute atomic E-state index is 0.785. The van der Waals surface area contributed by atoms with E-state index in [2.05, 4.69) is 32.9 Å². The van der Waals surface area contributed by atoms with Crippen LogP contribution in [0.1, 0.15) is 37.8 Å². The summed E-state index contributed by atoms with van der Waals surface area (Å²) in [5.74, 6) is 0.938. The van der Waals surface area contributed by atoms with Crippen LogP contribution in [0.3, 0.4) is 0 Å². The summed E-state index contributed by atoms with van der Waals surface area (Å²) >= 11 is 0. The van der Waals surface area contributed by atoms with Crippen LogP contribution in [-0.2, 0) is 6.54 Å². The summed E-state index contributed by atoms with van der Waals surface area (Å²) < 4.78 is 0. The van der Waals surface area contributed by atoms with Gasteiger partial charge in [0.15, 0.2) is 0 Å². The topological polar surface area (TPSA) is 53.6 Å². The van der Waals surface area contributed by atoms with Gasteiger partial charge in [-0.15, -0.1) is 0 Å². The average Bonchev–Trinajstić information content (AvgIpc) is 3.16. The molecule has 0 bridgehead atoms. The lowest BCUT2D eigenvalue weighted by Gasteiger charge is -2.09. The average molecular weight is 270 g/mol. The number of aromatic amines is 1. The number of nitrogens with zero attached hydrogens (tertiary/aromatic N) is 2. The lowest BCUT2D eigenvalue weighted by atomic mass is 10.0. The van der Waals surface area contributed by atoms with E-state index in [4.69, 9.17) is 0 Å². The van der Waals surface area contributed by atoms with Crippen molar-refractivity contribution in [2.24, 2.45) is 5.92 Å². The molecular formula is C16H22N4. The molecule has 4 nitrogen and oxygen atoms in total. The van der Waals surface area contributed by atoms with E-state index in [0.717, 1.165) is 36.0 Å². The fraction of sp³-hybridized carbons (Fsp3) is 0.500. The molecule has 1 heterocycles. The summed E-state index contributed by atoms with van der Waals surface area (Å²) in [4.78, 5) is 0. The van der Waals surface area contributed by atoms with E-state index >= 15 is 0 Å². The molecule has 2 N–H and O–H groups in total. The predicted molar refractivity (Wildman–Crippen MR) is 80.1 cm³/mol. The molecule has 1 aromatic carbocycles. The van der Waals surface area contributed by atoms with Crippen LogP contribution < -0.4 is 5.32 Å². The molecule has 20 heavy (non-hydrogen) atoms. The summed E-state index contributed by atoms with van der Waals surface area (Å²) in [5.41, 5.74) is 3.08. The van der Waals surface area contributed by atoms with Crippen LogP contribution >= 0.6 is 0 Å². The Bertz CT molecular complexity index is 514. The molecule has 3 rings (SSSR count). The Morgan fingerprint density at radius 1 is 1.10 bits per heavy atom. The van der Waals surface area contributed by atoms with Crippen LogP contribution in [0, 0.1) is 5.92 Å². The van der Waals surface area contributed by atoms with Crippen molar-refractivity contribution in [1.82, 2.24) is 20.7 Å². The molecule has 0 amide bonds. The molecule has 1 aliphatic rings. The quantitative estimate of drug-likeness (QED) is 0.793. The molecule has 1 fully saturated rings. The van der Waals surface area contributed by atoms with Gasteiger partial charge in [0.2, 0.25) is 0 Å². The molecule has 1 aliphatic carbocycles. The smallest absolute Gasteiger partial charge is 0.117 e. The van der Waals surface area contributed by atoms with Crippen molar-refractivity contribution >= 4 is 0 Å². The van der Waals surface area contributed by atoms with Crippen molar-refractivity contribution < 1.29 is 0 Å². The lowest BCUT2D eigenvalue weighted by molar-refractivity contribution is 0.476. The summed E-state index contributed by atoms with van der Waals surface area (Å²) in [6.45, 7) is 1.86. The van der Waals surface area contributed by atoms with Gasteiger partial charge in [-0.05, 0) is 18.9 Å². The number of benzene rings is 1. The molecule has 0 atom stereocenters. The number of hydrogen-bond acceptors (Lipinski definition) is 3. The summed E-state index contributed by atoms with van der Waals surface area (Å²) in [6, 6.07) is 10.2. The first kappa shape index (κ1) is 13.3. The molecule has 0 unspecified atom stereocenters. The van der Waals surface area contributed by atoms with Gasteiger partial charge in [0.05, 0.1) is 0 Å². The largest absolute Gasteiger partial charge is 0.311 e. The zero-order valence-electron chi connectivity index (χ0n) is 11.8. The number of rotatable bonds is 6. The number of hydrogen-bond donors (Lipinski definition) is 2. The maximum Gasteiger partial charge on any atom is 0.117 e. The molecule has 1 saturated carbocycles. The summed E-state index contributed by atoms with van der Waals surface area (Å²) in [6.07, 6.45) is 6.97. The zero-order valence-corrected chi connectivity index (χ0v) is 11.8. The highest BCUT2D eigenvalue weighted by atomic mass is 15.3. The normalized spacial score (nSPS) is 15.8. The van der Waals surface area contributed by atoms with Crippen LogP contribution in [-0.4, -0.2) is 22.0 Å². The van der Waals surface area contributed by atoms with Crippen LogP contribution in [0.2, 0.25) is 0 Å². The Morgan fingerprint density at radius 2 is 1.90 bits per heavy atom. The van der Waals surface area contributed by atoms with Crippen LogP contribution in [0.25, 0.3) is 11.3 Å². The fourth-order valence-electron chi connectivity index (χ4n) is 3.02. The Balaban J connectivity index is 1.52. The molecule has 0 spiro atoms. The van der Waals surface area contributed by atoms with Crippen LogP contribution in [0.4, 0.5) is 0 Å². The minimum atomic E-state index is 0.785. The van der Waals surface area contributed by atoms with Crippen molar-refractivity contribution in [2.75, 3.05) is 6.54 Å². The maximum atomic E-state index is 4.27. The molecular weight excluding hydrogens is 248 g/mol. The SMILES string of the molecule is c1ccc(-c2n[nH]nc2CNCCC2CCCC2)cc1. The molecule has 0 aliphatic heterocycles. The second-order valence-corrected chi connectivity index (χ2v) is 5.60. The minimum Gasteiger partial charge on any atom is -0.311 e. The molecule has 0 radical (unpaired) electrons. The van der Waals surface area contributed by atoms with Gasteiger partial charge in [-0.3, -0.25) is 0 Å². The van der Waals surface area contributed by atoms with E-state index in [1.807, 2.05) is 18.2 Å². The highest BCUT2D eigenvalue weighted by Crippen LogP contribution is 2.27. The van der Waals surface area contributed by atoms with Gasteiger partial charge in [-0.25, -0.2) is 0 Å². The maximum absolute atomic E-state index is 4.27. The number of aromatic nitrogens is 3. The van der Waals surface area contributed by atoms with Gasteiger partial charge < -0.3 is 5.32 Å². The fourth-order valence-corrected chi connectivity index (χ4v) is 3.02. The Hall–Kier alpha value is -1.68. The second kappa shape index (κ2) is 6.66. The zero-order chi connectivity index (χ0) is 13.6. The Labute approximate surface area is 120 Å². The van der Waals surface area contributed by atoms with Gasteiger partial charge in [0.25, 0.3) is 0 Å². The van der Waals surface area contributed by atoms with E-state index in [1.54, 1.807) is 0 Å². The van der Waals surface area contributed by atoms with Gasteiger partial charge in [-0.2, -0.15) is 15.4 Å². The van der Waals surface area contributed by atoms with Crippen molar-refractivity contribution in [3.8, 4) is 11.3 Å². The van der Waals surface area contributed by atoms with E-state index in [-0.39, 0.29) is 0 Å². The number of H-pyrrole nitrogens is 1. The molecule has 0 saturated heterocycles. The van der Waals surface area contributed by atoms with Crippen molar-refractivity contribution in [3.05, 3.63) is 36.0 Å². The third kappa shape index (κ3) is 3.25. The number of nitrogens with one attached hydrogen (secondary N) is 2. The molecule has 106 valence electrons. The monoisotopic (exact) mass is 270 g/mol. The molecule has 1 aromatic heterocycles. The van der Waals surface area contributed by atoms with Crippen molar-refractivity contribution in [3.63, 3.8) is 0 Å². The summed E-state index contributed by atoms with van der Waals surface area (Å²) in [5, 5.41) is 14.8. The van der Waals surface area contributed by atoms with Crippen molar-refractivity contribution in [2.45, 2.75) is 38.6 Å². The Morgan fingerprint density at radius 3 is 2.70 bits per heavy atom. The van der Waals surface area contributed by atoms with Crippen LogP contribution in [0.15, 0.2) is 30.3 Å². The summed E-state index contributed by atoms with van der Waals surface area (Å²) in [7, 11) is 0. The lowest BCUT2D eigenvalue weighted by Crippen LogP contribution is -2.17. The standard InChI is InChI=1S/C16H22N4/c1-2-8-14(9-3-1)16-15(18-20-19-16)12-17-11-10-13-6-4-5-7-13/h1-3,8-9,13,17H,4-7,10-12H2,(H,18,19,20). The second-order valence-electron chi connectivity index (χ2n) is 5.60. The van der Waals surface area contributed by atoms with E-state index in [0.29, 0.717) is 0 Å².